The fourth-order valence-electron chi connectivity index (χ4n) is 3.63. The minimum absolute atomic E-state index is 0.260. The first-order valence-corrected chi connectivity index (χ1v) is 9.19. The Hall–Kier alpha value is -3.23. The lowest BCUT2D eigenvalue weighted by Crippen LogP contribution is -1.94. The maximum atomic E-state index is 6.30. The highest BCUT2D eigenvalue weighted by atomic mass is 35.5. The van der Waals surface area contributed by atoms with Crippen molar-refractivity contribution in [2.45, 2.75) is 0 Å². The third kappa shape index (κ3) is 2.75. The topological polar surface area (TPSA) is 25.8 Å². The van der Waals surface area contributed by atoms with Crippen LogP contribution in [0.3, 0.4) is 0 Å². The van der Waals surface area contributed by atoms with Crippen LogP contribution in [0.15, 0.2) is 91.0 Å². The van der Waals surface area contributed by atoms with E-state index in [1.54, 1.807) is 0 Å². The van der Waals surface area contributed by atoms with E-state index in [-0.39, 0.29) is 5.28 Å². The molecule has 2 nitrogen and oxygen atoms in total. The van der Waals surface area contributed by atoms with E-state index in [9.17, 15) is 0 Å². The molecule has 27 heavy (non-hydrogen) atoms. The molecule has 0 aliphatic heterocycles. The van der Waals surface area contributed by atoms with E-state index in [0.29, 0.717) is 0 Å². The van der Waals surface area contributed by atoms with Crippen LogP contribution in [0.2, 0.25) is 5.28 Å². The molecule has 0 radical (unpaired) electrons. The predicted octanol–water partition coefficient (Wildman–Crippen LogP) is 6.77. The maximum absolute atomic E-state index is 6.30. The van der Waals surface area contributed by atoms with E-state index in [0.717, 1.165) is 44.1 Å². The molecule has 0 saturated heterocycles. The Labute approximate surface area is 162 Å². The maximum Gasteiger partial charge on any atom is 0.223 e. The van der Waals surface area contributed by atoms with Crippen molar-refractivity contribution in [3.05, 3.63) is 96.3 Å². The van der Waals surface area contributed by atoms with E-state index in [4.69, 9.17) is 11.6 Å². The molecule has 0 spiro atoms. The van der Waals surface area contributed by atoms with Gasteiger partial charge in [-0.25, -0.2) is 9.97 Å². The van der Waals surface area contributed by atoms with Crippen molar-refractivity contribution in [2.75, 3.05) is 0 Å². The van der Waals surface area contributed by atoms with E-state index < -0.39 is 0 Å². The zero-order chi connectivity index (χ0) is 18.2. The molecular weight excluding hydrogens is 352 g/mol. The highest BCUT2D eigenvalue weighted by Crippen LogP contribution is 2.37. The van der Waals surface area contributed by atoms with Crippen LogP contribution in [0.5, 0.6) is 0 Å². The molecule has 0 aliphatic carbocycles. The van der Waals surface area contributed by atoms with E-state index in [2.05, 4.69) is 58.5 Å². The summed E-state index contributed by atoms with van der Waals surface area (Å²) in [4.78, 5) is 9.13. The second kappa shape index (κ2) is 6.49. The van der Waals surface area contributed by atoms with Crippen LogP contribution >= 0.6 is 11.6 Å². The second-order valence-corrected chi connectivity index (χ2v) is 6.77. The van der Waals surface area contributed by atoms with Crippen LogP contribution < -0.4 is 0 Å². The normalized spacial score (nSPS) is 11.1. The molecular formula is C24H15ClN2. The van der Waals surface area contributed by atoms with Crippen molar-refractivity contribution in [1.29, 1.82) is 0 Å². The van der Waals surface area contributed by atoms with Gasteiger partial charge in [-0.3, -0.25) is 0 Å². The summed E-state index contributed by atoms with van der Waals surface area (Å²) in [5.74, 6) is 0. The van der Waals surface area contributed by atoms with Gasteiger partial charge in [0, 0.05) is 10.9 Å². The van der Waals surface area contributed by atoms with Crippen molar-refractivity contribution in [3.63, 3.8) is 0 Å². The Bertz CT molecular complexity index is 1280. The molecule has 1 heterocycles. The average Bonchev–Trinajstić information content (AvgIpc) is 2.73. The smallest absolute Gasteiger partial charge is 0.218 e. The summed E-state index contributed by atoms with van der Waals surface area (Å²) in [7, 11) is 0. The number of aromatic nitrogens is 2. The fourth-order valence-corrected chi connectivity index (χ4v) is 3.80. The Morgan fingerprint density at radius 3 is 2.15 bits per heavy atom. The summed E-state index contributed by atoms with van der Waals surface area (Å²) < 4.78 is 0. The molecule has 0 bridgehead atoms. The second-order valence-electron chi connectivity index (χ2n) is 6.43. The molecule has 0 aliphatic rings. The number of halogens is 1. The molecule has 0 saturated carbocycles. The minimum Gasteiger partial charge on any atom is -0.218 e. The summed E-state index contributed by atoms with van der Waals surface area (Å²) >= 11 is 6.30. The predicted molar refractivity (Wildman–Crippen MR) is 113 cm³/mol. The van der Waals surface area contributed by atoms with Crippen LogP contribution in [-0.4, -0.2) is 9.97 Å². The molecule has 1 aromatic heterocycles. The van der Waals surface area contributed by atoms with Crippen LogP contribution in [0.25, 0.3) is 44.1 Å². The van der Waals surface area contributed by atoms with E-state index in [1.807, 2.05) is 42.5 Å². The molecule has 0 N–H and O–H groups in total. The molecule has 0 unspecified atom stereocenters. The fraction of sp³-hybridized carbons (Fsp3) is 0. The average molecular weight is 367 g/mol. The summed E-state index contributed by atoms with van der Waals surface area (Å²) in [6.07, 6.45) is 0. The van der Waals surface area contributed by atoms with Gasteiger partial charge in [0.25, 0.3) is 0 Å². The summed E-state index contributed by atoms with van der Waals surface area (Å²) in [6.45, 7) is 0. The zero-order valence-electron chi connectivity index (χ0n) is 14.4. The molecule has 0 amide bonds. The van der Waals surface area contributed by atoms with Gasteiger partial charge >= 0.3 is 0 Å². The zero-order valence-corrected chi connectivity index (χ0v) is 15.2. The van der Waals surface area contributed by atoms with Gasteiger partial charge in [-0.1, -0.05) is 84.9 Å². The van der Waals surface area contributed by atoms with Gasteiger partial charge in [-0.15, -0.1) is 0 Å². The summed E-state index contributed by atoms with van der Waals surface area (Å²) in [6, 6.07) is 31.1. The molecule has 0 atom stereocenters. The number of fused-ring (bicyclic) bond motifs is 3. The van der Waals surface area contributed by atoms with Gasteiger partial charge in [0.1, 0.15) is 0 Å². The van der Waals surface area contributed by atoms with Crippen molar-refractivity contribution >= 4 is 33.3 Å². The number of nitrogens with zero attached hydrogens (tertiary/aromatic N) is 2. The van der Waals surface area contributed by atoms with Crippen LogP contribution in [0.4, 0.5) is 0 Å². The van der Waals surface area contributed by atoms with Crippen molar-refractivity contribution in [3.8, 4) is 22.4 Å². The van der Waals surface area contributed by atoms with Crippen LogP contribution in [-0.2, 0) is 0 Å². The lowest BCUT2D eigenvalue weighted by molar-refractivity contribution is 1.23. The Morgan fingerprint density at radius 1 is 0.593 bits per heavy atom. The van der Waals surface area contributed by atoms with Crippen molar-refractivity contribution < 1.29 is 0 Å². The largest absolute Gasteiger partial charge is 0.223 e. The van der Waals surface area contributed by atoms with Gasteiger partial charge in [-0.05, 0) is 39.6 Å². The lowest BCUT2D eigenvalue weighted by atomic mass is 9.94. The van der Waals surface area contributed by atoms with Crippen molar-refractivity contribution in [2.24, 2.45) is 0 Å². The highest BCUT2D eigenvalue weighted by Gasteiger charge is 2.15. The van der Waals surface area contributed by atoms with Crippen molar-refractivity contribution in [1.82, 2.24) is 9.97 Å². The van der Waals surface area contributed by atoms with Gasteiger partial charge in [0.05, 0.1) is 11.2 Å². The third-order valence-corrected chi connectivity index (χ3v) is 5.00. The number of hydrogen-bond acceptors (Lipinski definition) is 2. The first-order chi connectivity index (χ1) is 13.3. The molecule has 5 aromatic rings. The van der Waals surface area contributed by atoms with Gasteiger partial charge in [-0.2, -0.15) is 0 Å². The number of hydrogen-bond donors (Lipinski definition) is 0. The van der Waals surface area contributed by atoms with E-state index >= 15 is 0 Å². The SMILES string of the molecule is Clc1nc(-c2ccccc2-c2ccccc2)c2c(ccc3ccccc32)n1. The quantitative estimate of drug-likeness (QED) is 0.254. The van der Waals surface area contributed by atoms with E-state index in [1.165, 1.54) is 0 Å². The van der Waals surface area contributed by atoms with Crippen LogP contribution in [0.1, 0.15) is 0 Å². The lowest BCUT2D eigenvalue weighted by Gasteiger charge is -2.13. The monoisotopic (exact) mass is 366 g/mol. The third-order valence-electron chi connectivity index (χ3n) is 4.83. The van der Waals surface area contributed by atoms with Gasteiger partial charge in [0.2, 0.25) is 5.28 Å². The summed E-state index contributed by atoms with van der Waals surface area (Å²) in [5.41, 5.74) is 5.04. The Balaban J connectivity index is 1.91. The van der Waals surface area contributed by atoms with Gasteiger partial charge < -0.3 is 0 Å². The Kier molecular flexibility index (Phi) is 3.84. The molecule has 3 heteroatoms. The van der Waals surface area contributed by atoms with Crippen LogP contribution in [0, 0.1) is 0 Å². The summed E-state index contributed by atoms with van der Waals surface area (Å²) in [5, 5.41) is 3.58. The number of rotatable bonds is 2. The minimum atomic E-state index is 0.260. The first-order valence-electron chi connectivity index (χ1n) is 8.81. The molecule has 0 fully saturated rings. The molecule has 128 valence electrons. The first kappa shape index (κ1) is 16.0. The number of benzene rings is 4. The highest BCUT2D eigenvalue weighted by molar-refractivity contribution is 6.29. The molecule has 5 rings (SSSR count). The Morgan fingerprint density at radius 2 is 1.30 bits per heavy atom. The molecule has 4 aromatic carbocycles. The van der Waals surface area contributed by atoms with Gasteiger partial charge in [0.15, 0.2) is 0 Å². The standard InChI is InChI=1S/C24H15ClN2/c25-24-26-21-15-14-17-10-4-5-12-19(17)22(21)23(27-24)20-13-7-6-11-18(20)16-8-2-1-3-9-16/h1-15H.